The van der Waals surface area contributed by atoms with Crippen molar-refractivity contribution < 1.29 is 14.6 Å². The third kappa shape index (κ3) is 5.49. The summed E-state index contributed by atoms with van der Waals surface area (Å²) in [4.78, 5) is 11.7. The van der Waals surface area contributed by atoms with Gasteiger partial charge in [-0.2, -0.15) is 5.10 Å². The van der Waals surface area contributed by atoms with Crippen LogP contribution in [0.25, 0.3) is 0 Å². The number of phenols is 1. The predicted octanol–water partition coefficient (Wildman–Crippen LogP) is 4.09. The number of aromatic hydroxyl groups is 1. The zero-order valence-corrected chi connectivity index (χ0v) is 17.6. The smallest absolute Gasteiger partial charge is 0.277 e. The van der Waals surface area contributed by atoms with E-state index in [0.717, 1.165) is 11.1 Å². The average molecular weight is 571 g/mol. The quantitative estimate of drug-likeness (QED) is 0.323. The Morgan fingerprint density at radius 2 is 2.00 bits per heavy atom. The van der Waals surface area contributed by atoms with E-state index in [0.29, 0.717) is 17.9 Å². The van der Waals surface area contributed by atoms with Gasteiger partial charge in [-0.25, -0.2) is 5.43 Å². The van der Waals surface area contributed by atoms with Crippen LogP contribution in [-0.2, 0) is 4.79 Å². The molecule has 126 valence electrons. The molecule has 2 aromatic rings. The summed E-state index contributed by atoms with van der Waals surface area (Å²) in [5.74, 6) is 0.435. The zero-order chi connectivity index (χ0) is 17.7. The highest BCUT2D eigenvalue weighted by Gasteiger charge is 2.05. The molecule has 1 amide bonds. The number of nitrogens with zero attached hydrogens (tertiary/aromatic N) is 1. The Labute approximate surface area is 171 Å². The van der Waals surface area contributed by atoms with E-state index in [4.69, 9.17) is 16.3 Å². The summed E-state index contributed by atoms with van der Waals surface area (Å²) in [6.45, 7) is 1.71. The molecule has 0 unspecified atom stereocenters. The molecule has 0 fully saturated rings. The molecule has 0 aromatic heterocycles. The predicted molar refractivity (Wildman–Crippen MR) is 111 cm³/mol. The second kappa shape index (κ2) is 8.86. The van der Waals surface area contributed by atoms with Gasteiger partial charge in [0.15, 0.2) is 6.61 Å². The summed E-state index contributed by atoms with van der Waals surface area (Å²) >= 11 is 10.00. The lowest BCUT2D eigenvalue weighted by atomic mass is 10.2. The molecule has 0 atom stereocenters. The molecule has 0 heterocycles. The van der Waals surface area contributed by atoms with E-state index in [1.807, 2.05) is 52.1 Å². The normalized spacial score (nSPS) is 10.8. The minimum absolute atomic E-state index is 0.150. The molecule has 0 saturated carbocycles. The van der Waals surface area contributed by atoms with Gasteiger partial charge in [-0.3, -0.25) is 4.79 Å². The van der Waals surface area contributed by atoms with Gasteiger partial charge >= 0.3 is 0 Å². The van der Waals surface area contributed by atoms with Crippen molar-refractivity contribution in [3.8, 4) is 11.5 Å². The molecule has 0 aliphatic heterocycles. The zero-order valence-electron chi connectivity index (χ0n) is 12.5. The van der Waals surface area contributed by atoms with Crippen LogP contribution < -0.4 is 10.2 Å². The SMILES string of the molecule is Cc1cc(OCC(=O)N/N=C/c2cc(I)c(O)c(I)c2)ccc1Cl. The number of rotatable bonds is 5. The van der Waals surface area contributed by atoms with Gasteiger partial charge in [-0.1, -0.05) is 11.6 Å². The monoisotopic (exact) mass is 570 g/mol. The van der Waals surface area contributed by atoms with E-state index in [-0.39, 0.29) is 18.3 Å². The first kappa shape index (κ1) is 19.3. The van der Waals surface area contributed by atoms with Crippen LogP contribution in [-0.4, -0.2) is 23.8 Å². The van der Waals surface area contributed by atoms with Gasteiger partial charge in [-0.15, -0.1) is 0 Å². The van der Waals surface area contributed by atoms with Crippen LogP contribution in [0, 0.1) is 14.1 Å². The molecule has 2 rings (SSSR count). The number of hydrazone groups is 1. The van der Waals surface area contributed by atoms with Gasteiger partial charge < -0.3 is 9.84 Å². The molecule has 2 N–H and O–H groups in total. The lowest BCUT2D eigenvalue weighted by Crippen LogP contribution is -2.24. The number of hydrogen-bond acceptors (Lipinski definition) is 4. The minimum atomic E-state index is -0.373. The lowest BCUT2D eigenvalue weighted by molar-refractivity contribution is -0.123. The standard InChI is InChI=1S/C16H13ClI2N2O3/c1-9-4-11(2-3-12(9)17)24-8-15(22)21-20-7-10-5-13(18)16(23)14(19)6-10/h2-7,23H,8H2,1H3,(H,21,22)/b20-7+. The maximum Gasteiger partial charge on any atom is 0.277 e. The summed E-state index contributed by atoms with van der Waals surface area (Å²) in [7, 11) is 0. The summed E-state index contributed by atoms with van der Waals surface area (Å²) in [5.41, 5.74) is 4.05. The number of ether oxygens (including phenoxy) is 1. The third-order valence-corrected chi connectivity index (χ3v) is 5.01. The van der Waals surface area contributed by atoms with Crippen molar-refractivity contribution in [3.63, 3.8) is 0 Å². The van der Waals surface area contributed by atoms with Gasteiger partial charge in [0, 0.05) is 5.02 Å². The van der Waals surface area contributed by atoms with Gasteiger partial charge in [-0.05, 0) is 93.6 Å². The van der Waals surface area contributed by atoms with Crippen LogP contribution >= 0.6 is 56.8 Å². The molecule has 0 aliphatic carbocycles. The van der Waals surface area contributed by atoms with Crippen LogP contribution in [0.3, 0.4) is 0 Å². The summed E-state index contributed by atoms with van der Waals surface area (Å²) < 4.78 is 6.81. The van der Waals surface area contributed by atoms with Gasteiger partial charge in [0.1, 0.15) is 11.5 Å². The molecule has 0 radical (unpaired) electrons. The molecule has 0 spiro atoms. The molecule has 24 heavy (non-hydrogen) atoms. The average Bonchev–Trinajstić information content (AvgIpc) is 2.53. The summed E-state index contributed by atoms with van der Waals surface area (Å²) in [6.07, 6.45) is 1.51. The summed E-state index contributed by atoms with van der Waals surface area (Å²) in [6, 6.07) is 8.71. The number of benzene rings is 2. The molecule has 2 aromatic carbocycles. The number of halogens is 3. The highest BCUT2D eigenvalue weighted by molar-refractivity contribution is 14.1. The third-order valence-electron chi connectivity index (χ3n) is 2.94. The van der Waals surface area contributed by atoms with Crippen molar-refractivity contribution in [2.75, 3.05) is 6.61 Å². The van der Waals surface area contributed by atoms with Crippen LogP contribution in [0.4, 0.5) is 0 Å². The Kier molecular flexibility index (Phi) is 7.11. The first-order valence-corrected chi connectivity index (χ1v) is 9.29. The first-order valence-electron chi connectivity index (χ1n) is 6.75. The van der Waals surface area contributed by atoms with Crippen molar-refractivity contribution in [3.05, 3.63) is 53.6 Å². The van der Waals surface area contributed by atoms with Crippen molar-refractivity contribution in [2.24, 2.45) is 5.10 Å². The highest BCUT2D eigenvalue weighted by atomic mass is 127. The molecule has 0 saturated heterocycles. The Hall–Kier alpha value is -1.07. The Morgan fingerprint density at radius 1 is 1.33 bits per heavy atom. The molecule has 8 heteroatoms. The topological polar surface area (TPSA) is 70.9 Å². The minimum Gasteiger partial charge on any atom is -0.506 e. The molecule has 0 bridgehead atoms. The second-order valence-electron chi connectivity index (χ2n) is 4.83. The fourth-order valence-corrected chi connectivity index (χ4v) is 3.66. The number of carbonyl (C=O) groups is 1. The van der Waals surface area contributed by atoms with Crippen molar-refractivity contribution >= 4 is 68.9 Å². The van der Waals surface area contributed by atoms with Crippen LogP contribution in [0.15, 0.2) is 35.4 Å². The van der Waals surface area contributed by atoms with Crippen LogP contribution in [0.1, 0.15) is 11.1 Å². The maximum absolute atomic E-state index is 11.7. The maximum atomic E-state index is 11.7. The second-order valence-corrected chi connectivity index (χ2v) is 7.56. The number of phenolic OH excluding ortho intramolecular Hbond substituents is 1. The molecular weight excluding hydrogens is 557 g/mol. The molecular formula is C16H13ClI2N2O3. The van der Waals surface area contributed by atoms with E-state index in [1.54, 1.807) is 30.3 Å². The van der Waals surface area contributed by atoms with E-state index in [2.05, 4.69) is 10.5 Å². The molecule has 0 aliphatic rings. The van der Waals surface area contributed by atoms with E-state index in [9.17, 15) is 9.90 Å². The van der Waals surface area contributed by atoms with Crippen molar-refractivity contribution in [1.29, 1.82) is 0 Å². The number of nitrogens with one attached hydrogen (secondary N) is 1. The Balaban J connectivity index is 1.87. The lowest BCUT2D eigenvalue weighted by Gasteiger charge is -2.06. The highest BCUT2D eigenvalue weighted by Crippen LogP contribution is 2.26. The van der Waals surface area contributed by atoms with E-state index in [1.165, 1.54) is 6.21 Å². The largest absolute Gasteiger partial charge is 0.506 e. The van der Waals surface area contributed by atoms with Crippen LogP contribution in [0.2, 0.25) is 5.02 Å². The van der Waals surface area contributed by atoms with Gasteiger partial charge in [0.25, 0.3) is 5.91 Å². The van der Waals surface area contributed by atoms with Crippen LogP contribution in [0.5, 0.6) is 11.5 Å². The summed E-state index contributed by atoms with van der Waals surface area (Å²) in [5, 5.41) is 14.2. The van der Waals surface area contributed by atoms with E-state index < -0.39 is 0 Å². The number of amides is 1. The van der Waals surface area contributed by atoms with Gasteiger partial charge in [0.2, 0.25) is 0 Å². The Morgan fingerprint density at radius 3 is 2.62 bits per heavy atom. The van der Waals surface area contributed by atoms with Gasteiger partial charge in [0.05, 0.1) is 13.4 Å². The number of carbonyl (C=O) groups excluding carboxylic acids is 1. The fourth-order valence-electron chi connectivity index (χ4n) is 1.73. The number of aryl methyl sites for hydroxylation is 1. The molecule has 5 nitrogen and oxygen atoms in total. The first-order chi connectivity index (χ1) is 11.4. The van der Waals surface area contributed by atoms with E-state index >= 15 is 0 Å². The van der Waals surface area contributed by atoms with Crippen molar-refractivity contribution in [1.82, 2.24) is 5.43 Å². The number of hydrogen-bond donors (Lipinski definition) is 2. The van der Waals surface area contributed by atoms with Crippen molar-refractivity contribution in [2.45, 2.75) is 6.92 Å². The Bertz CT molecular complexity index is 774. The fraction of sp³-hybridized carbons (Fsp3) is 0.125.